The zero-order valence-corrected chi connectivity index (χ0v) is 12.6. The standard InChI is InChI=1S/C14H22NO3S/c1-11-10-13(12-6-4-5-7-12)8-9-14(11)15(2,16)19(3,17)18/h8-10,12,16H,4-7H2,1-3H3/q+1. The Labute approximate surface area is 115 Å². The molecule has 1 aromatic carbocycles. The summed E-state index contributed by atoms with van der Waals surface area (Å²) in [5, 5.41) is 10.2. The van der Waals surface area contributed by atoms with Crippen LogP contribution in [0, 0.1) is 6.92 Å². The maximum absolute atomic E-state index is 11.7. The van der Waals surface area contributed by atoms with Crippen molar-refractivity contribution >= 4 is 15.7 Å². The molecule has 1 aromatic rings. The molecular formula is C14H22NO3S+. The van der Waals surface area contributed by atoms with Gasteiger partial charge in [-0.25, -0.2) is 0 Å². The van der Waals surface area contributed by atoms with Gasteiger partial charge < -0.3 is 0 Å². The molecule has 106 valence electrons. The lowest BCUT2D eigenvalue weighted by atomic mass is 9.95. The van der Waals surface area contributed by atoms with Crippen molar-refractivity contribution in [2.24, 2.45) is 0 Å². The summed E-state index contributed by atoms with van der Waals surface area (Å²) >= 11 is 0. The molecule has 0 aromatic heterocycles. The molecule has 0 spiro atoms. The van der Waals surface area contributed by atoms with Crippen LogP contribution in [-0.4, -0.2) is 26.9 Å². The topological polar surface area (TPSA) is 54.4 Å². The molecule has 19 heavy (non-hydrogen) atoms. The SMILES string of the molecule is Cc1cc(C2CCCC2)ccc1[N+](C)(O)S(C)(=O)=O. The molecule has 1 aliphatic rings. The maximum atomic E-state index is 11.7. The van der Waals surface area contributed by atoms with Crippen molar-refractivity contribution in [1.29, 1.82) is 0 Å². The van der Waals surface area contributed by atoms with E-state index < -0.39 is 14.1 Å². The number of hydroxylamine groups is 1. The largest absolute Gasteiger partial charge is 0.328 e. The Bertz CT molecular complexity index is 572. The smallest absolute Gasteiger partial charge is 0.195 e. The zero-order chi connectivity index (χ0) is 14.3. The van der Waals surface area contributed by atoms with Crippen LogP contribution in [0.1, 0.15) is 42.7 Å². The molecule has 0 bridgehead atoms. The molecule has 1 N–H and O–H groups in total. The lowest BCUT2D eigenvalue weighted by Gasteiger charge is -2.24. The van der Waals surface area contributed by atoms with E-state index in [0.717, 1.165) is 11.8 Å². The molecule has 0 aliphatic heterocycles. The van der Waals surface area contributed by atoms with Gasteiger partial charge in [-0.05, 0) is 37.3 Å². The highest BCUT2D eigenvalue weighted by Gasteiger charge is 2.36. The van der Waals surface area contributed by atoms with E-state index in [2.05, 4.69) is 0 Å². The lowest BCUT2D eigenvalue weighted by Crippen LogP contribution is -2.46. The van der Waals surface area contributed by atoms with Crippen molar-refractivity contribution in [3.8, 4) is 0 Å². The van der Waals surface area contributed by atoms with Crippen molar-refractivity contribution < 1.29 is 13.6 Å². The highest BCUT2D eigenvalue weighted by Crippen LogP contribution is 2.36. The van der Waals surface area contributed by atoms with E-state index in [4.69, 9.17) is 0 Å². The number of rotatable bonds is 3. The number of quaternary nitrogens is 1. The van der Waals surface area contributed by atoms with Crippen molar-refractivity contribution in [1.82, 2.24) is 4.05 Å². The van der Waals surface area contributed by atoms with Gasteiger partial charge in [0, 0.05) is 11.6 Å². The Morgan fingerprint density at radius 2 is 1.84 bits per heavy atom. The number of hydrogen-bond acceptors (Lipinski definition) is 3. The van der Waals surface area contributed by atoms with Crippen LogP contribution in [0.25, 0.3) is 0 Å². The first kappa shape index (κ1) is 14.5. The minimum atomic E-state index is -3.62. The number of nitrogens with zero attached hydrogens (tertiary/aromatic N) is 1. The summed E-state index contributed by atoms with van der Waals surface area (Å²) in [5.41, 5.74) is 2.50. The van der Waals surface area contributed by atoms with Gasteiger partial charge in [-0.2, -0.15) is 13.6 Å². The quantitative estimate of drug-likeness (QED) is 0.686. The van der Waals surface area contributed by atoms with Crippen LogP contribution in [0.15, 0.2) is 18.2 Å². The first-order valence-corrected chi connectivity index (χ1v) is 8.49. The molecule has 0 heterocycles. The molecular weight excluding hydrogens is 262 g/mol. The molecule has 1 fully saturated rings. The Balaban J connectivity index is 2.39. The Morgan fingerprint density at radius 3 is 2.32 bits per heavy atom. The summed E-state index contributed by atoms with van der Waals surface area (Å²) < 4.78 is 22.2. The monoisotopic (exact) mass is 284 g/mol. The third-order valence-electron chi connectivity index (χ3n) is 4.14. The summed E-state index contributed by atoms with van der Waals surface area (Å²) in [5.74, 6) is 0.587. The molecule has 1 aliphatic carbocycles. The second kappa shape index (κ2) is 4.89. The predicted octanol–water partition coefficient (Wildman–Crippen LogP) is 2.94. The van der Waals surface area contributed by atoms with Crippen LogP contribution < -0.4 is 4.05 Å². The summed E-state index contributed by atoms with van der Waals surface area (Å²) in [6, 6.07) is 5.71. The highest BCUT2D eigenvalue weighted by atomic mass is 32.2. The van der Waals surface area contributed by atoms with E-state index in [1.807, 2.05) is 19.1 Å². The predicted molar refractivity (Wildman–Crippen MR) is 76.7 cm³/mol. The van der Waals surface area contributed by atoms with Gasteiger partial charge in [-0.3, -0.25) is 0 Å². The summed E-state index contributed by atoms with van der Waals surface area (Å²) in [7, 11) is -2.33. The number of aryl methyl sites for hydroxylation is 1. The summed E-state index contributed by atoms with van der Waals surface area (Å²) in [4.78, 5) is 0. The van der Waals surface area contributed by atoms with Gasteiger partial charge in [0.2, 0.25) is 0 Å². The maximum Gasteiger partial charge on any atom is 0.328 e. The van der Waals surface area contributed by atoms with Gasteiger partial charge in [0.05, 0.1) is 6.26 Å². The van der Waals surface area contributed by atoms with Gasteiger partial charge in [0.15, 0.2) is 5.69 Å². The number of sulfonamides is 1. The first-order chi connectivity index (χ1) is 8.73. The third kappa shape index (κ3) is 2.68. The van der Waals surface area contributed by atoms with Crippen molar-refractivity contribution in [3.05, 3.63) is 29.3 Å². The minimum absolute atomic E-state index is 0.421. The van der Waals surface area contributed by atoms with E-state index >= 15 is 0 Å². The molecule has 4 nitrogen and oxygen atoms in total. The number of benzene rings is 1. The fourth-order valence-electron chi connectivity index (χ4n) is 2.84. The van der Waals surface area contributed by atoms with Gasteiger partial charge >= 0.3 is 10.0 Å². The summed E-state index contributed by atoms with van der Waals surface area (Å²) in [6.07, 6.45) is 5.98. The van der Waals surface area contributed by atoms with Gasteiger partial charge in [-0.1, -0.05) is 23.0 Å². The van der Waals surface area contributed by atoms with Crippen molar-refractivity contribution in [2.45, 2.75) is 38.5 Å². The van der Waals surface area contributed by atoms with Crippen molar-refractivity contribution in [3.63, 3.8) is 0 Å². The fourth-order valence-corrected chi connectivity index (χ4v) is 3.40. The summed E-state index contributed by atoms with van der Waals surface area (Å²) in [6.45, 7) is 1.85. The number of hydrogen-bond donors (Lipinski definition) is 1. The average Bonchev–Trinajstić information content (AvgIpc) is 2.80. The highest BCUT2D eigenvalue weighted by molar-refractivity contribution is 7.90. The Morgan fingerprint density at radius 1 is 1.26 bits per heavy atom. The lowest BCUT2D eigenvalue weighted by molar-refractivity contribution is 0.0376. The average molecular weight is 284 g/mol. The molecule has 1 atom stereocenters. The van der Waals surface area contributed by atoms with Crippen LogP contribution in [0.5, 0.6) is 0 Å². The Hall–Kier alpha value is -0.910. The minimum Gasteiger partial charge on any atom is -0.195 e. The first-order valence-electron chi connectivity index (χ1n) is 6.64. The zero-order valence-electron chi connectivity index (χ0n) is 11.8. The van der Waals surface area contributed by atoms with Crippen molar-refractivity contribution in [2.75, 3.05) is 13.3 Å². The van der Waals surface area contributed by atoms with E-state index in [1.165, 1.54) is 38.3 Å². The molecule has 1 saturated carbocycles. The van der Waals surface area contributed by atoms with Gasteiger partial charge in [-0.15, -0.1) is 0 Å². The van der Waals surface area contributed by atoms with Crippen LogP contribution in [0.3, 0.4) is 0 Å². The molecule has 0 amide bonds. The van der Waals surface area contributed by atoms with E-state index in [0.29, 0.717) is 11.6 Å². The van der Waals surface area contributed by atoms with Crippen LogP contribution >= 0.6 is 0 Å². The third-order valence-corrected chi connectivity index (χ3v) is 5.63. The molecule has 1 unspecified atom stereocenters. The van der Waals surface area contributed by atoms with Gasteiger partial charge in [0.1, 0.15) is 7.05 Å². The molecule has 0 saturated heterocycles. The normalized spacial score (nSPS) is 20.4. The van der Waals surface area contributed by atoms with Gasteiger partial charge in [0.25, 0.3) is 0 Å². The van der Waals surface area contributed by atoms with Crippen LogP contribution in [-0.2, 0) is 10.0 Å². The second-order valence-electron chi connectivity index (χ2n) is 5.64. The Kier molecular flexibility index (Phi) is 3.73. The van der Waals surface area contributed by atoms with E-state index in [9.17, 15) is 13.6 Å². The molecule has 0 radical (unpaired) electrons. The van der Waals surface area contributed by atoms with Crippen LogP contribution in [0.2, 0.25) is 0 Å². The van der Waals surface area contributed by atoms with E-state index in [-0.39, 0.29) is 0 Å². The fraction of sp³-hybridized carbons (Fsp3) is 0.571. The van der Waals surface area contributed by atoms with E-state index in [1.54, 1.807) is 6.07 Å². The van der Waals surface area contributed by atoms with Crippen LogP contribution in [0.4, 0.5) is 5.69 Å². The second-order valence-corrected chi connectivity index (χ2v) is 7.82. The molecule has 2 rings (SSSR count). The molecule has 5 heteroatoms.